The normalized spacial score (nSPS) is 10.8. The molecule has 3 aromatic heterocycles. The van der Waals surface area contributed by atoms with E-state index in [2.05, 4.69) is 10.1 Å². The van der Waals surface area contributed by atoms with Gasteiger partial charge in [0.1, 0.15) is 0 Å². The Morgan fingerprint density at radius 3 is 3.12 bits per heavy atom. The van der Waals surface area contributed by atoms with Gasteiger partial charge in [-0.05, 0) is 18.2 Å². The summed E-state index contributed by atoms with van der Waals surface area (Å²) in [4.78, 5) is 15.9. The fourth-order valence-corrected chi connectivity index (χ4v) is 2.33. The average Bonchev–Trinajstić information content (AvgIpc) is 2.96. The molecule has 0 saturated carbocycles. The van der Waals surface area contributed by atoms with Gasteiger partial charge < -0.3 is 0 Å². The second-order valence-electron chi connectivity index (χ2n) is 3.73. The minimum absolute atomic E-state index is 0.630. The van der Waals surface area contributed by atoms with Crippen LogP contribution in [0.1, 0.15) is 20.9 Å². The molecule has 0 unspecified atom stereocenters. The number of aromatic nitrogens is 3. The second-order valence-corrected chi connectivity index (χ2v) is 4.70. The third-order valence-electron chi connectivity index (χ3n) is 2.51. The van der Waals surface area contributed by atoms with Gasteiger partial charge in [-0.1, -0.05) is 0 Å². The van der Waals surface area contributed by atoms with Crippen LogP contribution >= 0.6 is 11.3 Å². The molecule has 4 nitrogen and oxygen atoms in total. The topological polar surface area (TPSA) is 47.3 Å². The number of nitrogens with zero attached hydrogens (tertiary/aromatic N) is 3. The SMILES string of the molecule is O=Cc1ccc2cc(Cc3cncs3)nn2c1. The Bertz CT molecular complexity index is 658. The van der Waals surface area contributed by atoms with Crippen molar-refractivity contribution in [3.8, 4) is 0 Å². The van der Waals surface area contributed by atoms with E-state index in [1.54, 1.807) is 28.1 Å². The quantitative estimate of drug-likeness (QED) is 0.662. The Morgan fingerprint density at radius 2 is 2.35 bits per heavy atom. The lowest BCUT2D eigenvalue weighted by Crippen LogP contribution is -1.91. The smallest absolute Gasteiger partial charge is 0.151 e. The number of aldehydes is 1. The molecule has 0 bridgehead atoms. The van der Waals surface area contributed by atoms with Gasteiger partial charge in [0.25, 0.3) is 0 Å². The van der Waals surface area contributed by atoms with Gasteiger partial charge in [-0.15, -0.1) is 11.3 Å². The van der Waals surface area contributed by atoms with Crippen LogP contribution in [0.3, 0.4) is 0 Å². The zero-order valence-electron chi connectivity index (χ0n) is 8.91. The van der Waals surface area contributed by atoms with E-state index in [9.17, 15) is 4.79 Å². The first kappa shape index (κ1) is 10.2. The van der Waals surface area contributed by atoms with Crippen LogP contribution < -0.4 is 0 Å². The lowest BCUT2D eigenvalue weighted by atomic mass is 10.2. The standard InChI is InChI=1S/C12H9N3OS/c16-7-9-1-2-11-3-10(14-15(11)6-9)4-12-5-13-8-17-12/h1-3,5-8H,4H2. The highest BCUT2D eigenvalue weighted by atomic mass is 32.1. The van der Waals surface area contributed by atoms with Gasteiger partial charge >= 0.3 is 0 Å². The van der Waals surface area contributed by atoms with Gasteiger partial charge in [0.2, 0.25) is 0 Å². The molecule has 0 atom stereocenters. The maximum atomic E-state index is 10.7. The van der Waals surface area contributed by atoms with Gasteiger partial charge in [-0.2, -0.15) is 5.10 Å². The van der Waals surface area contributed by atoms with Crippen molar-refractivity contribution in [2.45, 2.75) is 6.42 Å². The van der Waals surface area contributed by atoms with Gasteiger partial charge in [-0.25, -0.2) is 4.52 Å². The zero-order valence-corrected chi connectivity index (χ0v) is 9.72. The van der Waals surface area contributed by atoms with Gasteiger partial charge in [0, 0.05) is 29.3 Å². The summed E-state index contributed by atoms with van der Waals surface area (Å²) in [7, 11) is 0. The molecular weight excluding hydrogens is 234 g/mol. The third kappa shape index (κ3) is 1.97. The van der Waals surface area contributed by atoms with E-state index < -0.39 is 0 Å². The Labute approximate surface area is 102 Å². The maximum absolute atomic E-state index is 10.7. The Morgan fingerprint density at radius 1 is 1.41 bits per heavy atom. The van der Waals surface area contributed by atoms with E-state index in [4.69, 9.17) is 0 Å². The number of hydrogen-bond acceptors (Lipinski definition) is 4. The van der Waals surface area contributed by atoms with E-state index >= 15 is 0 Å². The minimum Gasteiger partial charge on any atom is -0.298 e. The number of hydrogen-bond donors (Lipinski definition) is 0. The van der Waals surface area contributed by atoms with Gasteiger partial charge in [-0.3, -0.25) is 9.78 Å². The molecule has 0 radical (unpaired) electrons. The van der Waals surface area contributed by atoms with E-state index in [1.807, 2.05) is 23.8 Å². The van der Waals surface area contributed by atoms with Crippen molar-refractivity contribution in [1.29, 1.82) is 0 Å². The summed E-state index contributed by atoms with van der Waals surface area (Å²) in [5, 5.41) is 4.43. The van der Waals surface area contributed by atoms with Crippen LogP contribution in [0.2, 0.25) is 0 Å². The first-order valence-corrected chi connectivity index (χ1v) is 6.04. The Balaban J connectivity index is 1.98. The lowest BCUT2D eigenvalue weighted by molar-refractivity contribution is 0.112. The summed E-state index contributed by atoms with van der Waals surface area (Å²) in [5.74, 6) is 0. The van der Waals surface area contributed by atoms with Crippen LogP contribution in [-0.2, 0) is 6.42 Å². The van der Waals surface area contributed by atoms with Crippen molar-refractivity contribution in [1.82, 2.24) is 14.6 Å². The first-order chi connectivity index (χ1) is 8.35. The zero-order chi connectivity index (χ0) is 11.7. The number of rotatable bonds is 3. The molecule has 0 aromatic carbocycles. The third-order valence-corrected chi connectivity index (χ3v) is 3.29. The largest absolute Gasteiger partial charge is 0.298 e. The Hall–Kier alpha value is -2.01. The highest BCUT2D eigenvalue weighted by molar-refractivity contribution is 7.09. The van der Waals surface area contributed by atoms with Crippen molar-refractivity contribution in [2.75, 3.05) is 0 Å². The monoisotopic (exact) mass is 243 g/mol. The van der Waals surface area contributed by atoms with Crippen molar-refractivity contribution < 1.29 is 4.79 Å². The average molecular weight is 243 g/mol. The molecule has 0 aliphatic carbocycles. The van der Waals surface area contributed by atoms with E-state index in [0.29, 0.717) is 5.56 Å². The van der Waals surface area contributed by atoms with Gasteiger partial charge in [0.15, 0.2) is 6.29 Å². The summed E-state index contributed by atoms with van der Waals surface area (Å²) >= 11 is 1.62. The molecule has 0 fully saturated rings. The van der Waals surface area contributed by atoms with Crippen molar-refractivity contribution in [3.63, 3.8) is 0 Å². The molecule has 3 aromatic rings. The number of fused-ring (bicyclic) bond motifs is 1. The molecule has 0 aliphatic heterocycles. The summed E-state index contributed by atoms with van der Waals surface area (Å²) in [6.45, 7) is 0. The molecule has 84 valence electrons. The van der Waals surface area contributed by atoms with Crippen LogP contribution in [0.4, 0.5) is 0 Å². The second kappa shape index (κ2) is 4.10. The number of thiazole rings is 1. The van der Waals surface area contributed by atoms with Crippen molar-refractivity contribution in [3.05, 3.63) is 52.2 Å². The minimum atomic E-state index is 0.630. The van der Waals surface area contributed by atoms with Crippen molar-refractivity contribution in [2.24, 2.45) is 0 Å². The molecule has 17 heavy (non-hydrogen) atoms. The summed E-state index contributed by atoms with van der Waals surface area (Å²) in [5.41, 5.74) is 4.42. The molecule has 5 heteroatoms. The molecule has 0 spiro atoms. The summed E-state index contributed by atoms with van der Waals surface area (Å²) in [6, 6.07) is 5.71. The molecular formula is C12H9N3OS. The Kier molecular flexibility index (Phi) is 2.45. The summed E-state index contributed by atoms with van der Waals surface area (Å²) in [6.07, 6.45) is 5.19. The lowest BCUT2D eigenvalue weighted by Gasteiger charge is -1.92. The molecule has 0 aliphatic rings. The first-order valence-electron chi connectivity index (χ1n) is 5.16. The fraction of sp³-hybridized carbons (Fsp3) is 0.0833. The van der Waals surface area contributed by atoms with E-state index in [0.717, 1.165) is 23.9 Å². The van der Waals surface area contributed by atoms with Crippen LogP contribution in [0.25, 0.3) is 5.52 Å². The van der Waals surface area contributed by atoms with E-state index in [-0.39, 0.29) is 0 Å². The van der Waals surface area contributed by atoms with Gasteiger partial charge in [0.05, 0.1) is 16.7 Å². The number of carbonyl (C=O) groups is 1. The van der Waals surface area contributed by atoms with Crippen LogP contribution in [0, 0.1) is 0 Å². The number of pyridine rings is 1. The predicted molar refractivity (Wildman–Crippen MR) is 65.5 cm³/mol. The molecule has 3 rings (SSSR count). The van der Waals surface area contributed by atoms with E-state index in [1.165, 1.54) is 4.88 Å². The molecule has 0 N–H and O–H groups in total. The molecule has 0 saturated heterocycles. The van der Waals surface area contributed by atoms with Crippen LogP contribution in [-0.4, -0.2) is 20.9 Å². The summed E-state index contributed by atoms with van der Waals surface area (Å²) < 4.78 is 1.74. The molecule has 0 amide bonds. The maximum Gasteiger partial charge on any atom is 0.151 e. The van der Waals surface area contributed by atoms with Crippen LogP contribution in [0.5, 0.6) is 0 Å². The predicted octanol–water partition coefficient (Wildman–Crippen LogP) is 2.19. The molecule has 3 heterocycles. The highest BCUT2D eigenvalue weighted by Crippen LogP contribution is 2.14. The van der Waals surface area contributed by atoms with Crippen LogP contribution in [0.15, 0.2) is 36.1 Å². The van der Waals surface area contributed by atoms with Crippen molar-refractivity contribution >= 4 is 23.1 Å². The fourth-order valence-electron chi connectivity index (χ4n) is 1.72. The highest BCUT2D eigenvalue weighted by Gasteiger charge is 2.04. The number of carbonyl (C=O) groups excluding carboxylic acids is 1.